The summed E-state index contributed by atoms with van der Waals surface area (Å²) in [4.78, 5) is 24.9. The largest absolute Gasteiger partial charge is 0.481 e. The van der Waals surface area contributed by atoms with Crippen LogP contribution in [0.1, 0.15) is 12.8 Å². The quantitative estimate of drug-likeness (QED) is 0.857. The fourth-order valence-electron chi connectivity index (χ4n) is 2.39. The molecule has 1 fully saturated rings. The minimum atomic E-state index is -0.807. The number of nitrogens with zero attached hydrogens (tertiary/aromatic N) is 1. The Labute approximate surface area is 145 Å². The molecule has 0 bridgehead atoms. The van der Waals surface area contributed by atoms with Gasteiger partial charge in [-0.3, -0.25) is 14.5 Å². The van der Waals surface area contributed by atoms with E-state index in [2.05, 4.69) is 5.32 Å². The van der Waals surface area contributed by atoms with Crippen molar-refractivity contribution in [2.75, 3.05) is 25.0 Å². The number of amides is 1. The number of carbonyl (C=O) groups excluding carboxylic acids is 1. The van der Waals surface area contributed by atoms with Crippen LogP contribution in [0.4, 0.5) is 5.69 Å². The molecule has 1 aromatic rings. The van der Waals surface area contributed by atoms with Crippen LogP contribution >= 0.6 is 35.6 Å². The summed E-state index contributed by atoms with van der Waals surface area (Å²) >= 11 is 11.8. The van der Waals surface area contributed by atoms with Gasteiger partial charge >= 0.3 is 5.97 Å². The van der Waals surface area contributed by atoms with Crippen LogP contribution in [0, 0.1) is 5.92 Å². The molecule has 1 aromatic carbocycles. The van der Waals surface area contributed by atoms with Gasteiger partial charge in [-0.25, -0.2) is 0 Å². The van der Waals surface area contributed by atoms with Crippen molar-refractivity contribution in [3.8, 4) is 0 Å². The molecule has 5 nitrogen and oxygen atoms in total. The predicted molar refractivity (Wildman–Crippen MR) is 89.1 cm³/mol. The average Bonchev–Trinajstić information content (AvgIpc) is 2.43. The second-order valence-corrected chi connectivity index (χ2v) is 5.93. The van der Waals surface area contributed by atoms with Gasteiger partial charge in [-0.2, -0.15) is 0 Å². The van der Waals surface area contributed by atoms with Gasteiger partial charge in [-0.05, 0) is 37.6 Å². The summed E-state index contributed by atoms with van der Waals surface area (Å²) in [7, 11) is 0. The first-order valence-electron chi connectivity index (χ1n) is 6.66. The highest BCUT2D eigenvalue weighted by molar-refractivity contribution is 6.35. The number of hydrogen-bond acceptors (Lipinski definition) is 3. The SMILES string of the molecule is Cl.O=C(CN1CCCC(C(=O)O)C1)Nc1cc(Cl)ccc1Cl. The maximum Gasteiger partial charge on any atom is 0.307 e. The second kappa shape index (κ2) is 8.58. The van der Waals surface area contributed by atoms with Crippen LogP contribution in [0.5, 0.6) is 0 Å². The number of carbonyl (C=O) groups is 2. The molecule has 0 aliphatic carbocycles. The highest BCUT2D eigenvalue weighted by Gasteiger charge is 2.26. The Balaban J connectivity index is 0.00000242. The molecule has 1 heterocycles. The third-order valence-electron chi connectivity index (χ3n) is 3.42. The lowest BCUT2D eigenvalue weighted by atomic mass is 9.98. The Kier molecular flexibility index (Phi) is 7.42. The van der Waals surface area contributed by atoms with Gasteiger partial charge in [0.15, 0.2) is 0 Å². The van der Waals surface area contributed by atoms with Gasteiger partial charge in [-0.15, -0.1) is 12.4 Å². The van der Waals surface area contributed by atoms with E-state index in [9.17, 15) is 9.59 Å². The van der Waals surface area contributed by atoms with Gasteiger partial charge in [0.2, 0.25) is 5.91 Å². The Morgan fingerprint density at radius 2 is 2.09 bits per heavy atom. The Morgan fingerprint density at radius 3 is 2.77 bits per heavy atom. The third-order valence-corrected chi connectivity index (χ3v) is 3.99. The molecule has 1 unspecified atom stereocenters. The van der Waals surface area contributed by atoms with E-state index in [0.717, 1.165) is 13.0 Å². The lowest BCUT2D eigenvalue weighted by Crippen LogP contribution is -2.42. The average molecular weight is 368 g/mol. The molecule has 22 heavy (non-hydrogen) atoms. The molecule has 8 heteroatoms. The number of rotatable bonds is 4. The summed E-state index contributed by atoms with van der Waals surface area (Å²) in [6, 6.07) is 4.83. The van der Waals surface area contributed by atoms with Gasteiger partial charge < -0.3 is 10.4 Å². The summed E-state index contributed by atoms with van der Waals surface area (Å²) in [5.74, 6) is -1.44. The van der Waals surface area contributed by atoms with Crippen LogP contribution in [0.3, 0.4) is 0 Å². The summed E-state index contributed by atoms with van der Waals surface area (Å²) in [6.45, 7) is 1.26. The molecule has 0 spiro atoms. The van der Waals surface area contributed by atoms with Crippen molar-refractivity contribution < 1.29 is 14.7 Å². The fraction of sp³-hybridized carbons (Fsp3) is 0.429. The molecule has 0 aromatic heterocycles. The zero-order valence-electron chi connectivity index (χ0n) is 11.7. The van der Waals surface area contributed by atoms with Crippen molar-refractivity contribution in [1.29, 1.82) is 0 Å². The monoisotopic (exact) mass is 366 g/mol. The van der Waals surface area contributed by atoms with E-state index < -0.39 is 11.9 Å². The molecule has 122 valence electrons. The lowest BCUT2D eigenvalue weighted by Gasteiger charge is -2.29. The van der Waals surface area contributed by atoms with Gasteiger partial charge in [0.1, 0.15) is 0 Å². The van der Waals surface area contributed by atoms with Crippen LogP contribution in [0.25, 0.3) is 0 Å². The van der Waals surface area contributed by atoms with Gasteiger partial charge in [0.05, 0.1) is 23.2 Å². The molecule has 1 saturated heterocycles. The number of aliphatic carboxylic acids is 1. The number of halogens is 3. The van der Waals surface area contributed by atoms with Crippen LogP contribution in [0.2, 0.25) is 10.0 Å². The third kappa shape index (κ3) is 5.32. The number of likely N-dealkylation sites (tertiary alicyclic amines) is 1. The molecule has 1 amide bonds. The number of piperidine rings is 1. The zero-order valence-corrected chi connectivity index (χ0v) is 14.0. The minimum absolute atomic E-state index is 0. The highest BCUT2D eigenvalue weighted by atomic mass is 35.5. The second-order valence-electron chi connectivity index (χ2n) is 5.08. The predicted octanol–water partition coefficient (Wildman–Crippen LogP) is 3.15. The van der Waals surface area contributed by atoms with Gasteiger partial charge in [-0.1, -0.05) is 23.2 Å². The molecule has 1 atom stereocenters. The Hall–Kier alpha value is -1.01. The van der Waals surface area contributed by atoms with Crippen LogP contribution in [0.15, 0.2) is 18.2 Å². The molecular formula is C14H17Cl3N2O3. The summed E-state index contributed by atoms with van der Waals surface area (Å²) in [5, 5.41) is 12.6. The standard InChI is InChI=1S/C14H16Cl2N2O3.ClH/c15-10-3-4-11(16)12(6-10)17-13(19)8-18-5-1-2-9(7-18)14(20)21;/h3-4,6,9H,1-2,5,7-8H2,(H,17,19)(H,20,21);1H. The topological polar surface area (TPSA) is 69.6 Å². The highest BCUT2D eigenvalue weighted by Crippen LogP contribution is 2.25. The number of anilines is 1. The normalized spacial score (nSPS) is 18.4. The molecule has 1 aliphatic rings. The maximum atomic E-state index is 12.0. The summed E-state index contributed by atoms with van der Waals surface area (Å²) < 4.78 is 0. The van der Waals surface area contributed by atoms with Crippen molar-refractivity contribution in [3.63, 3.8) is 0 Å². The fourth-order valence-corrected chi connectivity index (χ4v) is 2.72. The van der Waals surface area contributed by atoms with Crippen molar-refractivity contribution in [3.05, 3.63) is 28.2 Å². The summed E-state index contributed by atoms with van der Waals surface area (Å²) in [6.07, 6.45) is 1.44. The molecule has 1 aliphatic heterocycles. The molecule has 0 saturated carbocycles. The molecule has 2 N–H and O–H groups in total. The first kappa shape index (κ1) is 19.0. The minimum Gasteiger partial charge on any atom is -0.481 e. The van der Waals surface area contributed by atoms with Crippen molar-refractivity contribution in [1.82, 2.24) is 4.90 Å². The van der Waals surface area contributed by atoms with E-state index in [0.29, 0.717) is 28.7 Å². The van der Waals surface area contributed by atoms with E-state index >= 15 is 0 Å². The smallest absolute Gasteiger partial charge is 0.307 e. The first-order chi connectivity index (χ1) is 9.95. The van der Waals surface area contributed by atoms with Gasteiger partial charge in [0.25, 0.3) is 0 Å². The number of nitrogens with one attached hydrogen (secondary N) is 1. The van der Waals surface area contributed by atoms with E-state index in [1.54, 1.807) is 18.2 Å². The van der Waals surface area contributed by atoms with E-state index in [4.69, 9.17) is 28.3 Å². The lowest BCUT2D eigenvalue weighted by molar-refractivity contribution is -0.144. The Bertz CT molecular complexity index is 554. The molecule has 0 radical (unpaired) electrons. The van der Waals surface area contributed by atoms with Crippen LogP contribution < -0.4 is 5.32 Å². The first-order valence-corrected chi connectivity index (χ1v) is 7.41. The van der Waals surface area contributed by atoms with Crippen molar-refractivity contribution in [2.45, 2.75) is 12.8 Å². The van der Waals surface area contributed by atoms with Gasteiger partial charge in [0, 0.05) is 11.6 Å². The van der Waals surface area contributed by atoms with Crippen molar-refractivity contribution >= 4 is 53.2 Å². The number of carboxylic acid groups (broad SMARTS) is 1. The molecular weight excluding hydrogens is 351 g/mol. The van der Waals surface area contributed by atoms with E-state index in [1.165, 1.54) is 0 Å². The number of benzene rings is 1. The van der Waals surface area contributed by atoms with E-state index in [1.807, 2.05) is 4.90 Å². The Morgan fingerprint density at radius 1 is 1.36 bits per heavy atom. The maximum absolute atomic E-state index is 12.0. The van der Waals surface area contributed by atoms with Crippen LogP contribution in [-0.4, -0.2) is 41.5 Å². The molecule has 2 rings (SSSR count). The van der Waals surface area contributed by atoms with E-state index in [-0.39, 0.29) is 24.9 Å². The zero-order chi connectivity index (χ0) is 15.4. The number of carboxylic acids is 1. The number of hydrogen-bond donors (Lipinski definition) is 2. The van der Waals surface area contributed by atoms with Crippen LogP contribution in [-0.2, 0) is 9.59 Å². The van der Waals surface area contributed by atoms with Crippen molar-refractivity contribution in [2.24, 2.45) is 5.92 Å². The summed E-state index contributed by atoms with van der Waals surface area (Å²) in [5.41, 5.74) is 0.459.